The molecule has 1 saturated heterocycles. The Balaban J connectivity index is 1.44. The number of carbonyl (C=O) groups is 1. The third-order valence-electron chi connectivity index (χ3n) is 6.58. The van der Waals surface area contributed by atoms with Crippen molar-refractivity contribution in [1.82, 2.24) is 15.2 Å². The Labute approximate surface area is 178 Å². The molecule has 2 aliphatic rings. The van der Waals surface area contributed by atoms with Crippen molar-refractivity contribution >= 4 is 5.91 Å². The van der Waals surface area contributed by atoms with Crippen molar-refractivity contribution in [1.29, 1.82) is 0 Å². The fourth-order valence-electron chi connectivity index (χ4n) is 5.10. The second kappa shape index (κ2) is 10.2. The van der Waals surface area contributed by atoms with Crippen LogP contribution in [-0.4, -0.2) is 28.9 Å². The van der Waals surface area contributed by atoms with Gasteiger partial charge in [0.2, 0.25) is 5.91 Å². The lowest BCUT2D eigenvalue weighted by molar-refractivity contribution is -0.123. The molecule has 0 radical (unpaired) electrons. The average Bonchev–Trinajstić information content (AvgIpc) is 3.26. The molecule has 4 nitrogen and oxygen atoms in total. The molecule has 2 atom stereocenters. The lowest BCUT2D eigenvalue weighted by Crippen LogP contribution is -2.43. The molecule has 1 aromatic carbocycles. The number of hydrogen-bond donors (Lipinski definition) is 1. The summed E-state index contributed by atoms with van der Waals surface area (Å²) in [6.45, 7) is 2.61. The lowest BCUT2D eigenvalue weighted by Gasteiger charge is -2.37. The van der Waals surface area contributed by atoms with Gasteiger partial charge >= 0.3 is 0 Å². The van der Waals surface area contributed by atoms with E-state index in [2.05, 4.69) is 15.2 Å². The third kappa shape index (κ3) is 5.66. The van der Waals surface area contributed by atoms with Crippen LogP contribution in [0.25, 0.3) is 0 Å². The first-order valence-electron chi connectivity index (χ1n) is 11.3. The summed E-state index contributed by atoms with van der Waals surface area (Å²) in [5.74, 6) is 0.798. The van der Waals surface area contributed by atoms with Gasteiger partial charge in [0, 0.05) is 25.7 Å². The first-order chi connectivity index (χ1) is 14.7. The van der Waals surface area contributed by atoms with Crippen molar-refractivity contribution in [3.63, 3.8) is 0 Å². The zero-order valence-corrected chi connectivity index (χ0v) is 17.6. The molecule has 2 fully saturated rings. The lowest BCUT2D eigenvalue weighted by atomic mass is 9.87. The van der Waals surface area contributed by atoms with Gasteiger partial charge < -0.3 is 5.32 Å². The highest BCUT2D eigenvalue weighted by atomic mass is 19.1. The van der Waals surface area contributed by atoms with E-state index in [4.69, 9.17) is 0 Å². The van der Waals surface area contributed by atoms with Gasteiger partial charge in [0.1, 0.15) is 5.82 Å². The number of hydrogen-bond acceptors (Lipinski definition) is 3. The Morgan fingerprint density at radius 2 is 2.00 bits per heavy atom. The van der Waals surface area contributed by atoms with E-state index in [-0.39, 0.29) is 17.8 Å². The van der Waals surface area contributed by atoms with E-state index < -0.39 is 0 Å². The molecule has 160 valence electrons. The maximum atomic E-state index is 13.6. The number of piperidine rings is 1. The molecule has 0 bridgehead atoms. The summed E-state index contributed by atoms with van der Waals surface area (Å²) in [6, 6.07) is 12.7. The zero-order chi connectivity index (χ0) is 20.8. The molecule has 1 saturated carbocycles. The van der Waals surface area contributed by atoms with Gasteiger partial charge in [-0.2, -0.15) is 0 Å². The van der Waals surface area contributed by atoms with Crippen LogP contribution in [0.2, 0.25) is 0 Å². The fraction of sp³-hybridized carbons (Fsp3) is 0.520. The van der Waals surface area contributed by atoms with Crippen LogP contribution in [0.3, 0.4) is 0 Å². The minimum absolute atomic E-state index is 0.0737. The number of carbonyl (C=O) groups excluding carboxylic acids is 1. The van der Waals surface area contributed by atoms with Crippen LogP contribution in [0.5, 0.6) is 0 Å². The van der Waals surface area contributed by atoms with Crippen molar-refractivity contribution in [2.45, 2.75) is 57.5 Å². The fourth-order valence-corrected chi connectivity index (χ4v) is 5.10. The molecule has 30 heavy (non-hydrogen) atoms. The number of rotatable bonds is 7. The quantitative estimate of drug-likeness (QED) is 0.710. The van der Waals surface area contributed by atoms with E-state index in [0.29, 0.717) is 18.3 Å². The molecule has 5 heteroatoms. The molecule has 1 aliphatic heterocycles. The first-order valence-corrected chi connectivity index (χ1v) is 11.3. The van der Waals surface area contributed by atoms with Gasteiger partial charge in [0.05, 0.1) is 11.7 Å². The summed E-state index contributed by atoms with van der Waals surface area (Å²) in [7, 11) is 0. The highest BCUT2D eigenvalue weighted by Crippen LogP contribution is 2.31. The Morgan fingerprint density at radius 1 is 1.13 bits per heavy atom. The SMILES string of the molecule is O=C(CC1CCCC1)N[C@H](c1ccccn1)[C@@H]1CCCN(Cc2cccc(F)c2)C1. The van der Waals surface area contributed by atoms with E-state index in [1.165, 1.54) is 31.7 Å². The van der Waals surface area contributed by atoms with Crippen molar-refractivity contribution in [2.75, 3.05) is 13.1 Å². The number of likely N-dealkylation sites (tertiary alicyclic amines) is 1. The second-order valence-corrected chi connectivity index (χ2v) is 8.92. The van der Waals surface area contributed by atoms with Crippen molar-refractivity contribution in [2.24, 2.45) is 11.8 Å². The molecular formula is C25H32FN3O. The summed E-state index contributed by atoms with van der Waals surface area (Å²) < 4.78 is 13.6. The molecule has 1 aromatic heterocycles. The smallest absolute Gasteiger partial charge is 0.220 e. The van der Waals surface area contributed by atoms with Crippen LogP contribution in [0, 0.1) is 17.7 Å². The number of nitrogens with one attached hydrogen (secondary N) is 1. The normalized spacial score (nSPS) is 21.4. The second-order valence-electron chi connectivity index (χ2n) is 8.92. The minimum Gasteiger partial charge on any atom is -0.347 e. The van der Waals surface area contributed by atoms with E-state index >= 15 is 0 Å². The number of benzene rings is 1. The Hall–Kier alpha value is -2.27. The number of amides is 1. The molecule has 4 rings (SSSR count). The average molecular weight is 410 g/mol. The highest BCUT2D eigenvalue weighted by molar-refractivity contribution is 5.76. The highest BCUT2D eigenvalue weighted by Gasteiger charge is 2.31. The summed E-state index contributed by atoms with van der Waals surface area (Å²) in [4.78, 5) is 19.8. The van der Waals surface area contributed by atoms with Gasteiger partial charge in [0.25, 0.3) is 0 Å². The molecule has 0 unspecified atom stereocenters. The van der Waals surface area contributed by atoms with Gasteiger partial charge in [-0.05, 0) is 73.9 Å². The molecule has 1 aliphatic carbocycles. The van der Waals surface area contributed by atoms with Crippen LogP contribution in [0.15, 0.2) is 48.7 Å². The molecule has 0 spiro atoms. The van der Waals surface area contributed by atoms with Gasteiger partial charge in [-0.25, -0.2) is 4.39 Å². The molecule has 2 aromatic rings. The maximum Gasteiger partial charge on any atom is 0.220 e. The number of aromatic nitrogens is 1. The summed E-state index contributed by atoms with van der Waals surface area (Å²) in [5.41, 5.74) is 1.94. The largest absolute Gasteiger partial charge is 0.347 e. The standard InChI is InChI=1S/C25H32FN3O/c26-22-11-5-9-20(15-22)17-29-14-6-10-21(18-29)25(23-12-3-4-13-27-23)28-24(30)16-19-7-1-2-8-19/h3-5,9,11-13,15,19,21,25H,1-2,6-8,10,14,16-18H2,(H,28,30)/t21-,25+/m1/s1. The van der Waals surface area contributed by atoms with Gasteiger partial charge in [-0.15, -0.1) is 0 Å². The monoisotopic (exact) mass is 409 g/mol. The first kappa shape index (κ1) is 21.0. The van der Waals surface area contributed by atoms with Crippen LogP contribution in [0.4, 0.5) is 4.39 Å². The van der Waals surface area contributed by atoms with E-state index in [1.807, 2.05) is 24.3 Å². The van der Waals surface area contributed by atoms with Crippen LogP contribution in [-0.2, 0) is 11.3 Å². The van der Waals surface area contributed by atoms with Crippen molar-refractivity contribution < 1.29 is 9.18 Å². The zero-order valence-electron chi connectivity index (χ0n) is 17.6. The number of pyridine rings is 1. The van der Waals surface area contributed by atoms with Crippen LogP contribution >= 0.6 is 0 Å². The Morgan fingerprint density at radius 3 is 2.77 bits per heavy atom. The predicted molar refractivity (Wildman–Crippen MR) is 116 cm³/mol. The predicted octanol–water partition coefficient (Wildman–Crippen LogP) is 4.87. The van der Waals surface area contributed by atoms with Crippen molar-refractivity contribution in [3.05, 3.63) is 65.7 Å². The Bertz CT molecular complexity index is 822. The van der Waals surface area contributed by atoms with Crippen LogP contribution in [0.1, 0.15) is 62.2 Å². The van der Waals surface area contributed by atoms with E-state index in [1.54, 1.807) is 18.3 Å². The minimum atomic E-state index is -0.188. The number of halogens is 1. The van der Waals surface area contributed by atoms with Gasteiger partial charge in [-0.1, -0.05) is 31.0 Å². The van der Waals surface area contributed by atoms with Crippen LogP contribution < -0.4 is 5.32 Å². The maximum absolute atomic E-state index is 13.6. The molecule has 2 heterocycles. The summed E-state index contributed by atoms with van der Waals surface area (Å²) in [6.07, 6.45) is 9.41. The topological polar surface area (TPSA) is 45.2 Å². The van der Waals surface area contributed by atoms with Gasteiger partial charge in [0.15, 0.2) is 0 Å². The van der Waals surface area contributed by atoms with Gasteiger partial charge in [-0.3, -0.25) is 14.7 Å². The molecular weight excluding hydrogens is 377 g/mol. The molecule has 1 N–H and O–H groups in total. The van der Waals surface area contributed by atoms with E-state index in [9.17, 15) is 9.18 Å². The Kier molecular flexibility index (Phi) is 7.11. The summed E-state index contributed by atoms with van der Waals surface area (Å²) >= 11 is 0. The van der Waals surface area contributed by atoms with Crippen molar-refractivity contribution in [3.8, 4) is 0 Å². The summed E-state index contributed by atoms with van der Waals surface area (Å²) in [5, 5.41) is 3.34. The number of nitrogens with zero attached hydrogens (tertiary/aromatic N) is 2. The third-order valence-corrected chi connectivity index (χ3v) is 6.58. The molecule has 1 amide bonds. The van der Waals surface area contributed by atoms with E-state index in [0.717, 1.165) is 43.7 Å².